The average Bonchev–Trinajstić information content (AvgIpc) is 2.29. The van der Waals surface area contributed by atoms with Gasteiger partial charge in [-0.1, -0.05) is 11.6 Å². The molecule has 0 atom stereocenters. The third-order valence-corrected chi connectivity index (χ3v) is 3.61. The number of rotatable bonds is 1. The van der Waals surface area contributed by atoms with Gasteiger partial charge in [-0.2, -0.15) is 0 Å². The van der Waals surface area contributed by atoms with Crippen LogP contribution >= 0.6 is 27.5 Å². The van der Waals surface area contributed by atoms with Crippen molar-refractivity contribution in [2.75, 3.05) is 33.2 Å². The Morgan fingerprint density at radius 1 is 1.41 bits per heavy atom. The molecule has 1 aliphatic rings. The van der Waals surface area contributed by atoms with Gasteiger partial charge in [0.1, 0.15) is 5.69 Å². The van der Waals surface area contributed by atoms with Crippen molar-refractivity contribution in [3.05, 3.63) is 27.5 Å². The lowest BCUT2D eigenvalue weighted by Gasteiger charge is -2.32. The second-order valence-electron chi connectivity index (χ2n) is 4.08. The first-order valence-corrected chi connectivity index (χ1v) is 6.54. The van der Waals surface area contributed by atoms with Gasteiger partial charge in [0.25, 0.3) is 5.91 Å². The molecule has 1 aromatic rings. The number of likely N-dealkylation sites (N-methyl/N-ethyl adjacent to an activating group) is 1. The monoisotopic (exact) mass is 317 g/mol. The lowest BCUT2D eigenvalue weighted by Crippen LogP contribution is -2.47. The quantitative estimate of drug-likeness (QED) is 0.793. The maximum atomic E-state index is 12.2. The van der Waals surface area contributed by atoms with Crippen LogP contribution in [0, 0.1) is 0 Å². The highest BCUT2D eigenvalue weighted by molar-refractivity contribution is 9.10. The normalized spacial score (nSPS) is 17.2. The molecule has 92 valence electrons. The van der Waals surface area contributed by atoms with Gasteiger partial charge in [-0.05, 0) is 29.0 Å². The van der Waals surface area contributed by atoms with Crippen molar-refractivity contribution in [3.8, 4) is 0 Å². The molecule has 1 saturated heterocycles. The van der Waals surface area contributed by atoms with Gasteiger partial charge in [0.15, 0.2) is 0 Å². The van der Waals surface area contributed by atoms with E-state index in [4.69, 9.17) is 11.6 Å². The summed E-state index contributed by atoms with van der Waals surface area (Å²) in [6, 6.07) is 1.69. The van der Waals surface area contributed by atoms with Crippen molar-refractivity contribution in [3.63, 3.8) is 0 Å². The van der Waals surface area contributed by atoms with Gasteiger partial charge < -0.3 is 9.80 Å². The molecular formula is C11H13BrClN3O. The third kappa shape index (κ3) is 2.97. The van der Waals surface area contributed by atoms with Crippen molar-refractivity contribution in [2.24, 2.45) is 0 Å². The Kier molecular flexibility index (Phi) is 4.01. The number of halogens is 2. The lowest BCUT2D eigenvalue weighted by atomic mass is 10.2. The summed E-state index contributed by atoms with van der Waals surface area (Å²) in [7, 11) is 2.05. The molecule has 0 aromatic carbocycles. The van der Waals surface area contributed by atoms with Crippen LogP contribution in [0.3, 0.4) is 0 Å². The van der Waals surface area contributed by atoms with Crippen LogP contribution in [0.15, 0.2) is 16.7 Å². The van der Waals surface area contributed by atoms with Crippen molar-refractivity contribution in [1.29, 1.82) is 0 Å². The predicted octanol–water partition coefficient (Wildman–Crippen LogP) is 1.89. The summed E-state index contributed by atoms with van der Waals surface area (Å²) in [5, 5.41) is 0.520. The first-order chi connectivity index (χ1) is 8.08. The molecule has 0 saturated carbocycles. The zero-order chi connectivity index (χ0) is 12.4. The summed E-state index contributed by atoms with van der Waals surface area (Å²) >= 11 is 9.12. The van der Waals surface area contributed by atoms with Crippen LogP contribution in [0.5, 0.6) is 0 Å². The number of pyridine rings is 1. The van der Waals surface area contributed by atoms with E-state index in [2.05, 4.69) is 32.9 Å². The molecule has 1 aromatic heterocycles. The zero-order valence-electron chi connectivity index (χ0n) is 9.49. The maximum absolute atomic E-state index is 12.2. The molecule has 0 N–H and O–H groups in total. The first kappa shape index (κ1) is 12.8. The lowest BCUT2D eigenvalue weighted by molar-refractivity contribution is 0.0657. The number of hydrogen-bond acceptors (Lipinski definition) is 3. The Morgan fingerprint density at radius 2 is 2.06 bits per heavy atom. The molecule has 0 unspecified atom stereocenters. The Bertz CT molecular complexity index is 433. The molecule has 1 fully saturated rings. The van der Waals surface area contributed by atoms with Gasteiger partial charge in [-0.25, -0.2) is 4.98 Å². The minimum absolute atomic E-state index is 0.0401. The van der Waals surface area contributed by atoms with E-state index in [9.17, 15) is 4.79 Å². The number of aromatic nitrogens is 1. The van der Waals surface area contributed by atoms with Crippen LogP contribution in [0.4, 0.5) is 0 Å². The van der Waals surface area contributed by atoms with Crippen molar-refractivity contribution >= 4 is 33.4 Å². The van der Waals surface area contributed by atoms with Gasteiger partial charge in [0.2, 0.25) is 0 Å². The number of hydrogen-bond donors (Lipinski definition) is 0. The fourth-order valence-electron chi connectivity index (χ4n) is 1.73. The smallest absolute Gasteiger partial charge is 0.273 e. The fraction of sp³-hybridized carbons (Fsp3) is 0.455. The van der Waals surface area contributed by atoms with E-state index in [1.807, 2.05) is 4.90 Å². The summed E-state index contributed by atoms with van der Waals surface area (Å²) in [6.45, 7) is 3.28. The van der Waals surface area contributed by atoms with E-state index in [-0.39, 0.29) is 5.91 Å². The Hall–Kier alpha value is -0.650. The Balaban J connectivity index is 2.14. The highest BCUT2D eigenvalue weighted by Crippen LogP contribution is 2.20. The van der Waals surface area contributed by atoms with Gasteiger partial charge in [0.05, 0.1) is 9.50 Å². The molecular weight excluding hydrogens is 305 g/mol. The number of carbonyl (C=O) groups excluding carboxylic acids is 1. The molecule has 1 aliphatic heterocycles. The van der Waals surface area contributed by atoms with Gasteiger partial charge in [-0.3, -0.25) is 4.79 Å². The fourth-order valence-corrected chi connectivity index (χ4v) is 2.54. The van der Waals surface area contributed by atoms with E-state index >= 15 is 0 Å². The molecule has 17 heavy (non-hydrogen) atoms. The molecule has 1 amide bonds. The topological polar surface area (TPSA) is 36.4 Å². The standard InChI is InChI=1S/C11H13BrClN3O/c1-15-2-4-16(5-3-15)11(17)10-9(12)6-8(13)7-14-10/h6-7H,2-5H2,1H3. The van der Waals surface area contributed by atoms with Crippen molar-refractivity contribution in [2.45, 2.75) is 0 Å². The van der Waals surface area contributed by atoms with Crippen molar-refractivity contribution < 1.29 is 4.79 Å². The number of amides is 1. The predicted molar refractivity (Wildman–Crippen MR) is 70.3 cm³/mol. The van der Waals surface area contributed by atoms with Crippen LogP contribution in [-0.4, -0.2) is 53.9 Å². The average molecular weight is 319 g/mol. The summed E-state index contributed by atoms with van der Waals surface area (Å²) in [5.74, 6) is -0.0401. The summed E-state index contributed by atoms with van der Waals surface area (Å²) in [5.41, 5.74) is 0.430. The molecule has 2 heterocycles. The number of piperazine rings is 1. The molecule has 0 radical (unpaired) electrons. The van der Waals surface area contributed by atoms with E-state index in [1.165, 1.54) is 6.20 Å². The number of nitrogens with zero attached hydrogens (tertiary/aromatic N) is 3. The molecule has 0 spiro atoms. The summed E-state index contributed by atoms with van der Waals surface area (Å²) in [4.78, 5) is 20.3. The first-order valence-electron chi connectivity index (χ1n) is 5.37. The summed E-state index contributed by atoms with van der Waals surface area (Å²) < 4.78 is 0.647. The Labute approximate surface area is 114 Å². The largest absolute Gasteiger partial charge is 0.335 e. The third-order valence-electron chi connectivity index (χ3n) is 2.80. The minimum atomic E-state index is -0.0401. The van der Waals surface area contributed by atoms with E-state index in [1.54, 1.807) is 6.07 Å². The molecule has 0 aliphatic carbocycles. The molecule has 2 rings (SSSR count). The van der Waals surface area contributed by atoms with Crippen LogP contribution in [0.1, 0.15) is 10.5 Å². The molecule has 6 heteroatoms. The summed E-state index contributed by atoms with van der Waals surface area (Å²) in [6.07, 6.45) is 1.50. The van der Waals surface area contributed by atoms with E-state index in [0.29, 0.717) is 15.2 Å². The number of carbonyl (C=O) groups is 1. The minimum Gasteiger partial charge on any atom is -0.335 e. The molecule has 4 nitrogen and oxygen atoms in total. The van der Waals surface area contributed by atoms with Gasteiger partial charge >= 0.3 is 0 Å². The zero-order valence-corrected chi connectivity index (χ0v) is 11.8. The highest BCUT2D eigenvalue weighted by atomic mass is 79.9. The highest BCUT2D eigenvalue weighted by Gasteiger charge is 2.22. The van der Waals surface area contributed by atoms with Gasteiger partial charge in [-0.15, -0.1) is 0 Å². The van der Waals surface area contributed by atoms with Crippen LogP contribution in [-0.2, 0) is 0 Å². The van der Waals surface area contributed by atoms with E-state index < -0.39 is 0 Å². The second kappa shape index (κ2) is 5.33. The van der Waals surface area contributed by atoms with E-state index in [0.717, 1.165) is 26.2 Å². The Morgan fingerprint density at radius 3 is 2.65 bits per heavy atom. The molecule has 0 bridgehead atoms. The van der Waals surface area contributed by atoms with Crippen LogP contribution < -0.4 is 0 Å². The van der Waals surface area contributed by atoms with Crippen molar-refractivity contribution in [1.82, 2.24) is 14.8 Å². The van der Waals surface area contributed by atoms with Crippen LogP contribution in [0.25, 0.3) is 0 Å². The second-order valence-corrected chi connectivity index (χ2v) is 5.37. The van der Waals surface area contributed by atoms with Crippen LogP contribution in [0.2, 0.25) is 5.02 Å². The maximum Gasteiger partial charge on any atom is 0.273 e. The van der Waals surface area contributed by atoms with Gasteiger partial charge in [0, 0.05) is 32.4 Å². The SMILES string of the molecule is CN1CCN(C(=O)c2ncc(Cl)cc2Br)CC1.